The third-order valence-electron chi connectivity index (χ3n) is 5.39. The molecule has 0 unspecified atom stereocenters. The summed E-state index contributed by atoms with van der Waals surface area (Å²) < 4.78 is 0. The van der Waals surface area contributed by atoms with E-state index in [4.69, 9.17) is 0 Å². The summed E-state index contributed by atoms with van der Waals surface area (Å²) in [7, 11) is 0. The van der Waals surface area contributed by atoms with Crippen molar-refractivity contribution in [2.75, 3.05) is 29.9 Å². The molecule has 1 aromatic carbocycles. The highest BCUT2D eigenvalue weighted by Crippen LogP contribution is 2.36. The number of allylic oxidation sites excluding steroid dienone is 1. The fourth-order valence-corrected chi connectivity index (χ4v) is 3.89. The summed E-state index contributed by atoms with van der Waals surface area (Å²) in [4.78, 5) is 34.1. The fraction of sp³-hybridized carbons (Fsp3) is 0.348. The number of benzene rings is 1. The highest BCUT2D eigenvalue weighted by atomic mass is 16.2. The predicted octanol–water partition coefficient (Wildman–Crippen LogP) is 4.13. The topological polar surface area (TPSA) is 65.5 Å². The van der Waals surface area contributed by atoms with Crippen LogP contribution in [0.5, 0.6) is 0 Å². The summed E-state index contributed by atoms with van der Waals surface area (Å²) in [5.41, 5.74) is 1.59. The van der Waals surface area contributed by atoms with Crippen molar-refractivity contribution in [1.82, 2.24) is 9.88 Å². The molecule has 2 amide bonds. The minimum absolute atomic E-state index is 0.0727. The van der Waals surface area contributed by atoms with Gasteiger partial charge in [0.25, 0.3) is 5.91 Å². The van der Waals surface area contributed by atoms with Crippen LogP contribution in [0.25, 0.3) is 0 Å². The number of amides is 2. The predicted molar refractivity (Wildman–Crippen MR) is 114 cm³/mol. The molecule has 6 heteroatoms. The first-order valence-corrected chi connectivity index (χ1v) is 10.3. The van der Waals surface area contributed by atoms with Gasteiger partial charge in [0.15, 0.2) is 5.82 Å². The van der Waals surface area contributed by atoms with E-state index in [-0.39, 0.29) is 11.8 Å². The van der Waals surface area contributed by atoms with Crippen LogP contribution in [0.2, 0.25) is 0 Å². The van der Waals surface area contributed by atoms with E-state index in [2.05, 4.69) is 27.4 Å². The molecule has 1 aromatic heterocycles. The maximum atomic E-state index is 13.2. The molecule has 6 nitrogen and oxygen atoms in total. The molecule has 1 fully saturated rings. The average molecular weight is 390 g/mol. The summed E-state index contributed by atoms with van der Waals surface area (Å²) in [5, 5.41) is 2.86. The molecule has 150 valence electrons. The van der Waals surface area contributed by atoms with Gasteiger partial charge in [0, 0.05) is 19.2 Å². The molecule has 0 bridgehead atoms. The second-order valence-corrected chi connectivity index (χ2v) is 7.45. The highest BCUT2D eigenvalue weighted by Gasteiger charge is 2.29. The van der Waals surface area contributed by atoms with Crippen molar-refractivity contribution in [3.63, 3.8) is 0 Å². The van der Waals surface area contributed by atoms with Gasteiger partial charge in [0.1, 0.15) is 0 Å². The standard InChI is InChI=1S/C23H26N4O2/c28-21(13-3-1-6-15-26-16-7-2-8-17-26)27-20-12-5-4-10-18(20)23(29)25-19-11-9-14-24-22(19)27/h1,4-6,9-12,14H,2-3,7-8,13,15-17H2,(H,25,29)/b6-1-. The number of anilines is 3. The van der Waals surface area contributed by atoms with E-state index in [1.165, 1.54) is 19.3 Å². The van der Waals surface area contributed by atoms with Gasteiger partial charge < -0.3 is 5.32 Å². The van der Waals surface area contributed by atoms with Gasteiger partial charge in [-0.3, -0.25) is 19.4 Å². The molecule has 0 saturated carbocycles. The number of carbonyl (C=O) groups is 2. The first-order valence-electron chi connectivity index (χ1n) is 10.3. The number of hydrogen-bond acceptors (Lipinski definition) is 4. The molecule has 1 saturated heterocycles. The van der Waals surface area contributed by atoms with Gasteiger partial charge in [0.05, 0.1) is 16.9 Å². The van der Waals surface area contributed by atoms with Crippen molar-refractivity contribution < 1.29 is 9.59 Å². The van der Waals surface area contributed by atoms with E-state index in [1.807, 2.05) is 6.07 Å². The quantitative estimate of drug-likeness (QED) is 0.780. The smallest absolute Gasteiger partial charge is 0.257 e. The highest BCUT2D eigenvalue weighted by molar-refractivity contribution is 6.17. The molecule has 2 aliphatic heterocycles. The summed E-state index contributed by atoms with van der Waals surface area (Å²) in [6, 6.07) is 10.7. The number of fused-ring (bicyclic) bond motifs is 2. The van der Waals surface area contributed by atoms with Crippen LogP contribution in [0.3, 0.4) is 0 Å². The van der Waals surface area contributed by atoms with E-state index in [0.29, 0.717) is 35.6 Å². The third kappa shape index (κ3) is 4.38. The summed E-state index contributed by atoms with van der Waals surface area (Å²) in [5.74, 6) is 0.163. The zero-order valence-electron chi connectivity index (χ0n) is 16.5. The van der Waals surface area contributed by atoms with Crippen LogP contribution >= 0.6 is 0 Å². The van der Waals surface area contributed by atoms with Gasteiger partial charge in [-0.15, -0.1) is 0 Å². The zero-order chi connectivity index (χ0) is 20.1. The van der Waals surface area contributed by atoms with Gasteiger partial charge in [-0.05, 0) is 56.6 Å². The number of carbonyl (C=O) groups excluding carboxylic acids is 2. The molecule has 0 aliphatic carbocycles. The summed E-state index contributed by atoms with van der Waals surface area (Å²) >= 11 is 0. The number of piperidine rings is 1. The summed E-state index contributed by atoms with van der Waals surface area (Å²) in [6.45, 7) is 3.28. The van der Waals surface area contributed by atoms with Crippen molar-refractivity contribution in [1.29, 1.82) is 0 Å². The monoisotopic (exact) mass is 390 g/mol. The Bertz CT molecular complexity index is 919. The molecule has 1 N–H and O–H groups in total. The molecule has 0 atom stereocenters. The number of pyridine rings is 1. The first-order chi connectivity index (χ1) is 14.2. The van der Waals surface area contributed by atoms with Crippen LogP contribution in [-0.2, 0) is 4.79 Å². The largest absolute Gasteiger partial charge is 0.319 e. The summed E-state index contributed by atoms with van der Waals surface area (Å²) in [6.07, 6.45) is 10.8. The Morgan fingerprint density at radius 2 is 1.90 bits per heavy atom. The minimum atomic E-state index is -0.230. The van der Waals surface area contributed by atoms with E-state index in [1.54, 1.807) is 41.4 Å². The van der Waals surface area contributed by atoms with Crippen molar-refractivity contribution in [2.24, 2.45) is 0 Å². The van der Waals surface area contributed by atoms with Crippen molar-refractivity contribution in [3.05, 3.63) is 60.3 Å². The van der Waals surface area contributed by atoms with Crippen LogP contribution in [-0.4, -0.2) is 41.3 Å². The Hall–Kier alpha value is -2.99. The van der Waals surface area contributed by atoms with E-state index in [9.17, 15) is 9.59 Å². The maximum Gasteiger partial charge on any atom is 0.257 e. The van der Waals surface area contributed by atoms with E-state index in [0.717, 1.165) is 19.6 Å². The third-order valence-corrected chi connectivity index (χ3v) is 5.39. The number of likely N-dealkylation sites (tertiary alicyclic amines) is 1. The molecule has 0 spiro atoms. The second-order valence-electron chi connectivity index (χ2n) is 7.45. The lowest BCUT2D eigenvalue weighted by atomic mass is 10.1. The molecular weight excluding hydrogens is 364 g/mol. The number of nitrogens with zero attached hydrogens (tertiary/aromatic N) is 3. The molecule has 2 aliphatic rings. The molecule has 29 heavy (non-hydrogen) atoms. The Morgan fingerprint density at radius 3 is 2.76 bits per heavy atom. The molecular formula is C23H26N4O2. The van der Waals surface area contributed by atoms with Crippen molar-refractivity contribution in [3.8, 4) is 0 Å². The normalized spacial score (nSPS) is 16.8. The molecule has 3 heterocycles. The molecule has 2 aromatic rings. The second kappa shape index (κ2) is 9.01. The van der Waals surface area contributed by atoms with Crippen LogP contribution in [0.1, 0.15) is 42.5 Å². The van der Waals surface area contributed by atoms with Crippen LogP contribution in [0.15, 0.2) is 54.7 Å². The van der Waals surface area contributed by atoms with Gasteiger partial charge in [-0.2, -0.15) is 0 Å². The number of aromatic nitrogens is 1. The zero-order valence-corrected chi connectivity index (χ0v) is 16.5. The van der Waals surface area contributed by atoms with E-state index >= 15 is 0 Å². The van der Waals surface area contributed by atoms with Crippen LogP contribution < -0.4 is 10.2 Å². The number of para-hydroxylation sites is 1. The first kappa shape index (κ1) is 19.3. The number of rotatable bonds is 5. The fourth-order valence-electron chi connectivity index (χ4n) is 3.89. The lowest BCUT2D eigenvalue weighted by Gasteiger charge is -2.24. The van der Waals surface area contributed by atoms with Crippen molar-refractivity contribution >= 4 is 29.0 Å². The molecule has 4 rings (SSSR count). The Labute approximate surface area is 171 Å². The number of nitrogens with one attached hydrogen (secondary N) is 1. The minimum Gasteiger partial charge on any atom is -0.319 e. The van der Waals surface area contributed by atoms with Gasteiger partial charge in [-0.25, -0.2) is 4.98 Å². The van der Waals surface area contributed by atoms with Crippen LogP contribution in [0, 0.1) is 0 Å². The SMILES string of the molecule is O=C1Nc2cccnc2N(C(=O)CC/C=C\CN2CCCCC2)c2ccccc21. The Kier molecular flexibility index (Phi) is 6.00. The molecule has 0 radical (unpaired) electrons. The Balaban J connectivity index is 1.48. The lowest BCUT2D eigenvalue weighted by molar-refractivity contribution is -0.117. The average Bonchev–Trinajstić information content (AvgIpc) is 2.88. The van der Waals surface area contributed by atoms with Gasteiger partial charge in [0.2, 0.25) is 5.91 Å². The Morgan fingerprint density at radius 1 is 1.07 bits per heavy atom. The van der Waals surface area contributed by atoms with Crippen LogP contribution in [0.4, 0.5) is 17.2 Å². The lowest BCUT2D eigenvalue weighted by Crippen LogP contribution is -2.29. The maximum absolute atomic E-state index is 13.2. The van der Waals surface area contributed by atoms with Gasteiger partial charge >= 0.3 is 0 Å². The van der Waals surface area contributed by atoms with Gasteiger partial charge in [-0.1, -0.05) is 30.7 Å². The number of hydrogen-bond donors (Lipinski definition) is 1. The van der Waals surface area contributed by atoms with Crippen molar-refractivity contribution in [2.45, 2.75) is 32.1 Å². The van der Waals surface area contributed by atoms with E-state index < -0.39 is 0 Å².